The summed E-state index contributed by atoms with van der Waals surface area (Å²) >= 11 is 0. The molecule has 1 rings (SSSR count). The van der Waals surface area contributed by atoms with E-state index in [1.165, 1.54) is 18.3 Å². The van der Waals surface area contributed by atoms with Crippen molar-refractivity contribution in [3.8, 4) is 0 Å². The van der Waals surface area contributed by atoms with E-state index in [0.29, 0.717) is 12.4 Å². The van der Waals surface area contributed by atoms with Gasteiger partial charge in [0.2, 0.25) is 10.0 Å². The Balaban J connectivity index is 2.82. The molecule has 90 valence electrons. The summed E-state index contributed by atoms with van der Waals surface area (Å²) in [6, 6.07) is 2.95. The number of nitrogens with zero attached hydrogens (tertiary/aromatic N) is 1. The van der Waals surface area contributed by atoms with Crippen LogP contribution in [0.4, 0.5) is 5.82 Å². The third-order valence-corrected chi connectivity index (χ3v) is 3.28. The summed E-state index contributed by atoms with van der Waals surface area (Å²) in [6.07, 6.45) is 1.26. The number of anilines is 1. The maximum absolute atomic E-state index is 11.7. The highest BCUT2D eigenvalue weighted by molar-refractivity contribution is 7.89. The molecule has 0 spiro atoms. The Bertz CT molecular complexity index is 427. The van der Waals surface area contributed by atoms with Crippen molar-refractivity contribution in [2.24, 2.45) is 11.8 Å². The number of sulfonamides is 1. The molecular formula is C9H16N4O2S. The zero-order valence-corrected chi connectivity index (χ0v) is 10.1. The fraction of sp³-hybridized carbons (Fsp3) is 0.444. The quantitative estimate of drug-likeness (QED) is 0.511. The molecule has 0 unspecified atom stereocenters. The van der Waals surface area contributed by atoms with E-state index in [1.54, 1.807) is 0 Å². The van der Waals surface area contributed by atoms with E-state index in [0.717, 1.165) is 0 Å². The Hall–Kier alpha value is -1.18. The van der Waals surface area contributed by atoms with Crippen molar-refractivity contribution >= 4 is 15.8 Å². The van der Waals surface area contributed by atoms with Crippen molar-refractivity contribution in [1.82, 2.24) is 9.71 Å². The number of hydrogen-bond donors (Lipinski definition) is 3. The van der Waals surface area contributed by atoms with Gasteiger partial charge in [-0.15, -0.1) is 0 Å². The molecule has 16 heavy (non-hydrogen) atoms. The van der Waals surface area contributed by atoms with E-state index in [2.05, 4.69) is 15.1 Å². The van der Waals surface area contributed by atoms with E-state index in [-0.39, 0.29) is 10.8 Å². The molecule has 1 aromatic rings. The average molecular weight is 244 g/mol. The van der Waals surface area contributed by atoms with Gasteiger partial charge in [-0.2, -0.15) is 0 Å². The van der Waals surface area contributed by atoms with Gasteiger partial charge in [-0.1, -0.05) is 13.8 Å². The molecule has 0 aliphatic rings. The SMILES string of the molecule is CC(C)CNS(=O)(=O)c1ccc(NN)nc1. The van der Waals surface area contributed by atoms with Crippen LogP contribution in [0, 0.1) is 5.92 Å². The second-order valence-corrected chi connectivity index (χ2v) is 5.54. The third-order valence-electron chi connectivity index (χ3n) is 1.88. The summed E-state index contributed by atoms with van der Waals surface area (Å²) in [7, 11) is -3.46. The van der Waals surface area contributed by atoms with Crippen LogP contribution >= 0.6 is 0 Å². The number of pyridine rings is 1. The van der Waals surface area contributed by atoms with E-state index in [4.69, 9.17) is 5.84 Å². The van der Waals surface area contributed by atoms with Crippen LogP contribution in [0.2, 0.25) is 0 Å². The molecule has 1 heterocycles. The molecule has 0 aliphatic carbocycles. The van der Waals surface area contributed by atoms with Crippen molar-refractivity contribution < 1.29 is 8.42 Å². The lowest BCUT2D eigenvalue weighted by Crippen LogP contribution is -2.27. The molecule has 0 amide bonds. The molecule has 0 saturated carbocycles. The molecule has 0 radical (unpaired) electrons. The number of nitrogen functional groups attached to an aromatic ring is 1. The van der Waals surface area contributed by atoms with Crippen LogP contribution in [0.3, 0.4) is 0 Å². The van der Waals surface area contributed by atoms with Gasteiger partial charge in [-0.05, 0) is 18.1 Å². The Morgan fingerprint density at radius 3 is 2.56 bits per heavy atom. The molecule has 4 N–H and O–H groups in total. The van der Waals surface area contributed by atoms with Crippen molar-refractivity contribution in [1.29, 1.82) is 0 Å². The van der Waals surface area contributed by atoms with Gasteiger partial charge >= 0.3 is 0 Å². The lowest BCUT2D eigenvalue weighted by Gasteiger charge is -2.08. The van der Waals surface area contributed by atoms with Crippen LogP contribution in [0.1, 0.15) is 13.8 Å². The number of hydrazine groups is 1. The molecule has 0 aromatic carbocycles. The van der Waals surface area contributed by atoms with Crippen LogP contribution in [-0.4, -0.2) is 19.9 Å². The summed E-state index contributed by atoms with van der Waals surface area (Å²) in [5.74, 6) is 5.81. The monoisotopic (exact) mass is 244 g/mol. The lowest BCUT2D eigenvalue weighted by atomic mass is 10.2. The smallest absolute Gasteiger partial charge is 0.242 e. The van der Waals surface area contributed by atoms with E-state index >= 15 is 0 Å². The van der Waals surface area contributed by atoms with Crippen LogP contribution in [0.25, 0.3) is 0 Å². The normalized spacial score (nSPS) is 11.8. The summed E-state index contributed by atoms with van der Waals surface area (Å²) in [5.41, 5.74) is 2.33. The van der Waals surface area contributed by atoms with Crippen molar-refractivity contribution in [2.75, 3.05) is 12.0 Å². The molecule has 1 aromatic heterocycles. The average Bonchev–Trinajstić information content (AvgIpc) is 2.27. The Kier molecular flexibility index (Phi) is 4.22. The summed E-state index contributed by atoms with van der Waals surface area (Å²) < 4.78 is 26.0. The maximum atomic E-state index is 11.7. The second-order valence-electron chi connectivity index (χ2n) is 3.77. The maximum Gasteiger partial charge on any atom is 0.242 e. The van der Waals surface area contributed by atoms with Gasteiger partial charge in [0.25, 0.3) is 0 Å². The highest BCUT2D eigenvalue weighted by atomic mass is 32.2. The van der Waals surface area contributed by atoms with Crippen molar-refractivity contribution in [3.05, 3.63) is 18.3 Å². The molecule has 0 saturated heterocycles. The number of aromatic nitrogens is 1. The lowest BCUT2D eigenvalue weighted by molar-refractivity contribution is 0.560. The summed E-state index contributed by atoms with van der Waals surface area (Å²) in [6.45, 7) is 4.27. The van der Waals surface area contributed by atoms with Gasteiger partial charge in [0, 0.05) is 12.7 Å². The highest BCUT2D eigenvalue weighted by Crippen LogP contribution is 2.09. The van der Waals surface area contributed by atoms with Crippen molar-refractivity contribution in [2.45, 2.75) is 18.7 Å². The van der Waals surface area contributed by atoms with Crippen LogP contribution in [0.15, 0.2) is 23.2 Å². The minimum atomic E-state index is -3.46. The first kappa shape index (κ1) is 12.9. The molecule has 7 heteroatoms. The summed E-state index contributed by atoms with van der Waals surface area (Å²) in [4.78, 5) is 3.97. The minimum absolute atomic E-state index is 0.132. The van der Waals surface area contributed by atoms with Gasteiger partial charge in [0.1, 0.15) is 10.7 Å². The standard InChI is InChI=1S/C9H16N4O2S/c1-7(2)5-12-16(14,15)8-3-4-9(13-10)11-6-8/h3-4,6-7,12H,5,10H2,1-2H3,(H,11,13). The van der Waals surface area contributed by atoms with Crippen LogP contribution in [0.5, 0.6) is 0 Å². The van der Waals surface area contributed by atoms with E-state index < -0.39 is 10.0 Å². The fourth-order valence-corrected chi connectivity index (χ4v) is 2.14. The molecule has 0 bridgehead atoms. The second kappa shape index (κ2) is 5.24. The molecular weight excluding hydrogens is 228 g/mol. The third kappa shape index (κ3) is 3.44. The highest BCUT2D eigenvalue weighted by Gasteiger charge is 2.14. The number of nitrogens with two attached hydrogens (primary N) is 1. The zero-order valence-electron chi connectivity index (χ0n) is 9.27. The fourth-order valence-electron chi connectivity index (χ4n) is 0.984. The predicted molar refractivity (Wildman–Crippen MR) is 62.1 cm³/mol. The zero-order chi connectivity index (χ0) is 12.2. The first-order chi connectivity index (χ1) is 7.45. The van der Waals surface area contributed by atoms with Gasteiger partial charge in [0.15, 0.2) is 0 Å². The predicted octanol–water partition coefficient (Wildman–Crippen LogP) is 0.302. The Morgan fingerprint density at radius 1 is 1.44 bits per heavy atom. The molecule has 6 nitrogen and oxygen atoms in total. The molecule has 0 atom stereocenters. The van der Waals surface area contributed by atoms with Gasteiger partial charge in [-0.3, -0.25) is 0 Å². The van der Waals surface area contributed by atoms with Crippen molar-refractivity contribution in [3.63, 3.8) is 0 Å². The van der Waals surface area contributed by atoms with Crippen LogP contribution < -0.4 is 16.0 Å². The van der Waals surface area contributed by atoms with E-state index in [9.17, 15) is 8.42 Å². The minimum Gasteiger partial charge on any atom is -0.308 e. The number of hydrogen-bond acceptors (Lipinski definition) is 5. The first-order valence-corrected chi connectivity index (χ1v) is 6.36. The van der Waals surface area contributed by atoms with Gasteiger partial charge in [0.05, 0.1) is 0 Å². The Morgan fingerprint density at radius 2 is 2.12 bits per heavy atom. The molecule has 0 aliphatic heterocycles. The molecule has 0 fully saturated rings. The van der Waals surface area contributed by atoms with Gasteiger partial charge < -0.3 is 5.43 Å². The van der Waals surface area contributed by atoms with Gasteiger partial charge in [-0.25, -0.2) is 24.0 Å². The largest absolute Gasteiger partial charge is 0.308 e. The Labute approximate surface area is 95.3 Å². The topological polar surface area (TPSA) is 97.1 Å². The summed E-state index contributed by atoms with van der Waals surface area (Å²) in [5, 5.41) is 0. The first-order valence-electron chi connectivity index (χ1n) is 4.88. The van der Waals surface area contributed by atoms with Crippen LogP contribution in [-0.2, 0) is 10.0 Å². The number of rotatable bonds is 5. The number of nitrogens with one attached hydrogen (secondary N) is 2. The van der Waals surface area contributed by atoms with E-state index in [1.807, 2.05) is 13.8 Å².